The van der Waals surface area contributed by atoms with Crippen LogP contribution in [0.25, 0.3) is 0 Å². The van der Waals surface area contributed by atoms with Gasteiger partial charge in [0.05, 0.1) is 6.61 Å². The third-order valence-electron chi connectivity index (χ3n) is 3.70. The van der Waals surface area contributed by atoms with Crippen molar-refractivity contribution in [1.29, 1.82) is 0 Å². The van der Waals surface area contributed by atoms with Gasteiger partial charge < -0.3 is 15.4 Å². The fourth-order valence-electron chi connectivity index (χ4n) is 2.22. The molecule has 0 aliphatic carbocycles. The molecule has 104 valence electrons. The zero-order chi connectivity index (χ0) is 13.7. The van der Waals surface area contributed by atoms with Crippen molar-refractivity contribution in [2.75, 3.05) is 20.2 Å². The molecule has 4 nitrogen and oxygen atoms in total. The van der Waals surface area contributed by atoms with Gasteiger partial charge in [0.1, 0.15) is 0 Å². The molecule has 1 aromatic carbocycles. The summed E-state index contributed by atoms with van der Waals surface area (Å²) in [7, 11) is 1.68. The summed E-state index contributed by atoms with van der Waals surface area (Å²) in [5.41, 5.74) is 2.24. The Balaban J connectivity index is 1.83. The minimum atomic E-state index is 0.0865. The number of ether oxygens (including phenoxy) is 1. The first-order valence-corrected chi connectivity index (χ1v) is 6.76. The Hall–Kier alpha value is -1.39. The Morgan fingerprint density at radius 2 is 2.21 bits per heavy atom. The molecule has 1 heterocycles. The molecule has 1 aliphatic heterocycles. The van der Waals surface area contributed by atoms with E-state index in [2.05, 4.69) is 16.7 Å². The van der Waals surface area contributed by atoms with Crippen LogP contribution in [-0.2, 0) is 22.7 Å². The molecule has 0 spiro atoms. The van der Waals surface area contributed by atoms with Crippen LogP contribution in [0.2, 0.25) is 0 Å². The fourth-order valence-corrected chi connectivity index (χ4v) is 2.22. The Bertz CT molecular complexity index is 430. The van der Waals surface area contributed by atoms with E-state index in [0.717, 1.165) is 24.2 Å². The average molecular weight is 262 g/mol. The third kappa shape index (κ3) is 3.78. The van der Waals surface area contributed by atoms with E-state index in [9.17, 15) is 4.79 Å². The zero-order valence-electron chi connectivity index (χ0n) is 11.6. The van der Waals surface area contributed by atoms with E-state index in [-0.39, 0.29) is 11.8 Å². The Morgan fingerprint density at radius 1 is 1.47 bits per heavy atom. The third-order valence-corrected chi connectivity index (χ3v) is 3.70. The maximum Gasteiger partial charge on any atom is 0.223 e. The zero-order valence-corrected chi connectivity index (χ0v) is 11.6. The number of nitrogens with one attached hydrogen (secondary N) is 2. The van der Waals surface area contributed by atoms with E-state index >= 15 is 0 Å². The molecule has 1 unspecified atom stereocenters. The smallest absolute Gasteiger partial charge is 0.223 e. The normalized spacial score (nSPS) is 16.7. The predicted molar refractivity (Wildman–Crippen MR) is 74.5 cm³/mol. The van der Waals surface area contributed by atoms with Crippen LogP contribution in [0.1, 0.15) is 18.1 Å². The first kappa shape index (κ1) is 14.0. The monoisotopic (exact) mass is 262 g/mol. The SMILES string of the molecule is COCc1cccc(CNC(=O)C(C)C2CNC2)c1. The van der Waals surface area contributed by atoms with Gasteiger partial charge in [-0.25, -0.2) is 0 Å². The molecule has 0 saturated carbocycles. The first-order chi connectivity index (χ1) is 9.20. The van der Waals surface area contributed by atoms with E-state index < -0.39 is 0 Å². The molecule has 4 heteroatoms. The number of hydrogen-bond donors (Lipinski definition) is 2. The van der Waals surface area contributed by atoms with Crippen molar-refractivity contribution in [3.8, 4) is 0 Å². The van der Waals surface area contributed by atoms with Crippen molar-refractivity contribution in [3.05, 3.63) is 35.4 Å². The lowest BCUT2D eigenvalue weighted by molar-refractivity contribution is -0.126. The highest BCUT2D eigenvalue weighted by Gasteiger charge is 2.28. The summed E-state index contributed by atoms with van der Waals surface area (Å²) >= 11 is 0. The maximum absolute atomic E-state index is 12.0. The highest BCUT2D eigenvalue weighted by Crippen LogP contribution is 2.16. The van der Waals surface area contributed by atoms with E-state index in [1.807, 2.05) is 25.1 Å². The summed E-state index contributed by atoms with van der Waals surface area (Å²) in [6.07, 6.45) is 0. The van der Waals surface area contributed by atoms with Gasteiger partial charge in [-0.1, -0.05) is 31.2 Å². The topological polar surface area (TPSA) is 50.4 Å². The lowest BCUT2D eigenvalue weighted by atomic mass is 9.88. The standard InChI is InChI=1S/C15H22N2O2/c1-11(14-8-16-9-14)15(18)17-7-12-4-3-5-13(6-12)10-19-2/h3-6,11,14,16H,7-10H2,1-2H3,(H,17,18). The second kappa shape index (κ2) is 6.68. The number of methoxy groups -OCH3 is 1. The molecular formula is C15H22N2O2. The number of benzene rings is 1. The molecule has 19 heavy (non-hydrogen) atoms. The van der Waals surface area contributed by atoms with E-state index in [0.29, 0.717) is 19.1 Å². The molecule has 0 bridgehead atoms. The van der Waals surface area contributed by atoms with Crippen LogP contribution in [0.15, 0.2) is 24.3 Å². The summed E-state index contributed by atoms with van der Waals surface area (Å²) in [5.74, 6) is 0.715. The molecule has 1 atom stereocenters. The second-order valence-electron chi connectivity index (χ2n) is 5.18. The van der Waals surface area contributed by atoms with E-state index in [1.54, 1.807) is 7.11 Å². The molecule has 2 rings (SSSR count). The summed E-state index contributed by atoms with van der Waals surface area (Å²) in [6, 6.07) is 8.11. The van der Waals surface area contributed by atoms with Gasteiger partial charge in [-0.2, -0.15) is 0 Å². The van der Waals surface area contributed by atoms with Gasteiger partial charge >= 0.3 is 0 Å². The number of amides is 1. The van der Waals surface area contributed by atoms with Crippen molar-refractivity contribution in [1.82, 2.24) is 10.6 Å². The summed E-state index contributed by atoms with van der Waals surface area (Å²) in [6.45, 7) is 5.10. The number of carbonyl (C=O) groups excluding carboxylic acids is 1. The first-order valence-electron chi connectivity index (χ1n) is 6.76. The van der Waals surface area contributed by atoms with Gasteiger partial charge in [-0.15, -0.1) is 0 Å². The number of carbonyl (C=O) groups is 1. The molecule has 0 aromatic heterocycles. The minimum Gasteiger partial charge on any atom is -0.380 e. The van der Waals surface area contributed by atoms with Crippen molar-refractivity contribution < 1.29 is 9.53 Å². The van der Waals surface area contributed by atoms with Crippen molar-refractivity contribution in [3.63, 3.8) is 0 Å². The van der Waals surface area contributed by atoms with E-state index in [1.165, 1.54) is 0 Å². The van der Waals surface area contributed by atoms with Gasteiger partial charge in [0.25, 0.3) is 0 Å². The maximum atomic E-state index is 12.0. The van der Waals surface area contributed by atoms with Gasteiger partial charge in [0, 0.05) is 19.6 Å². The minimum absolute atomic E-state index is 0.0865. The van der Waals surface area contributed by atoms with Gasteiger partial charge in [-0.3, -0.25) is 4.79 Å². The van der Waals surface area contributed by atoms with Crippen molar-refractivity contribution in [2.24, 2.45) is 11.8 Å². The largest absolute Gasteiger partial charge is 0.380 e. The highest BCUT2D eigenvalue weighted by atomic mass is 16.5. The molecule has 0 radical (unpaired) electrons. The molecule has 1 amide bonds. The number of hydrogen-bond acceptors (Lipinski definition) is 3. The Labute approximate surface area is 114 Å². The molecule has 1 fully saturated rings. The van der Waals surface area contributed by atoms with Crippen molar-refractivity contribution in [2.45, 2.75) is 20.1 Å². The lowest BCUT2D eigenvalue weighted by Crippen LogP contribution is -2.49. The van der Waals surface area contributed by atoms with E-state index in [4.69, 9.17) is 4.74 Å². The van der Waals surface area contributed by atoms with Crippen molar-refractivity contribution >= 4 is 5.91 Å². The molecule has 1 aromatic rings. The van der Waals surface area contributed by atoms with Crippen LogP contribution < -0.4 is 10.6 Å². The highest BCUT2D eigenvalue weighted by molar-refractivity contribution is 5.78. The molecule has 1 saturated heterocycles. The van der Waals surface area contributed by atoms with Gasteiger partial charge in [0.2, 0.25) is 5.91 Å². The van der Waals surface area contributed by atoms with Crippen LogP contribution >= 0.6 is 0 Å². The quantitative estimate of drug-likeness (QED) is 0.812. The fraction of sp³-hybridized carbons (Fsp3) is 0.533. The number of rotatable bonds is 6. The second-order valence-corrected chi connectivity index (χ2v) is 5.18. The predicted octanol–water partition coefficient (Wildman–Crippen LogP) is 1.30. The van der Waals surface area contributed by atoms with Crippen LogP contribution in [0.3, 0.4) is 0 Å². The van der Waals surface area contributed by atoms with Crippen LogP contribution in [0, 0.1) is 11.8 Å². The summed E-state index contributed by atoms with van der Waals surface area (Å²) < 4.78 is 5.11. The Kier molecular flexibility index (Phi) is 4.93. The average Bonchev–Trinajstić information content (AvgIpc) is 2.34. The Morgan fingerprint density at radius 3 is 2.84 bits per heavy atom. The molecule has 2 N–H and O–H groups in total. The van der Waals surface area contributed by atoms with Gasteiger partial charge in [-0.05, 0) is 30.1 Å². The summed E-state index contributed by atoms with van der Waals surface area (Å²) in [5, 5.41) is 6.21. The molecular weight excluding hydrogens is 240 g/mol. The summed E-state index contributed by atoms with van der Waals surface area (Å²) in [4.78, 5) is 12.0. The van der Waals surface area contributed by atoms with Gasteiger partial charge in [0.15, 0.2) is 0 Å². The van der Waals surface area contributed by atoms with Crippen LogP contribution in [-0.4, -0.2) is 26.1 Å². The van der Waals surface area contributed by atoms with Crippen LogP contribution in [0.4, 0.5) is 0 Å². The van der Waals surface area contributed by atoms with Crippen LogP contribution in [0.5, 0.6) is 0 Å². The lowest BCUT2D eigenvalue weighted by Gasteiger charge is -2.31. The molecule has 1 aliphatic rings.